The number of nitrogens with zero attached hydrogens (tertiary/aromatic N) is 1. The number of ether oxygens (including phenoxy) is 1. The van der Waals surface area contributed by atoms with E-state index in [0.29, 0.717) is 6.54 Å². The predicted molar refractivity (Wildman–Crippen MR) is 79.1 cm³/mol. The van der Waals surface area contributed by atoms with E-state index in [4.69, 9.17) is 21.5 Å². The molecule has 1 aromatic rings. The lowest BCUT2D eigenvalue weighted by molar-refractivity contribution is 0.0743. The molecular formula is C13H17ClN2O4S. The van der Waals surface area contributed by atoms with Crippen LogP contribution in [-0.2, 0) is 10.0 Å². The van der Waals surface area contributed by atoms with Gasteiger partial charge in [0.15, 0.2) is 5.75 Å². The predicted octanol–water partition coefficient (Wildman–Crippen LogP) is 1.62. The molecule has 1 atom stereocenters. The first kappa shape index (κ1) is 16.1. The van der Waals surface area contributed by atoms with Crippen LogP contribution in [0.15, 0.2) is 17.0 Å². The second-order valence-electron chi connectivity index (χ2n) is 5.02. The van der Waals surface area contributed by atoms with E-state index in [1.807, 2.05) is 6.92 Å². The molecule has 8 heteroatoms. The first-order valence-electron chi connectivity index (χ1n) is 6.47. The van der Waals surface area contributed by atoms with Gasteiger partial charge in [-0.2, -0.15) is 0 Å². The Balaban J connectivity index is 2.58. The molecule has 0 saturated carbocycles. The maximum atomic E-state index is 12.6. The number of nitrogens with two attached hydrogens (primary N) is 1. The van der Waals surface area contributed by atoms with Crippen molar-refractivity contribution in [3.05, 3.63) is 22.7 Å². The maximum absolute atomic E-state index is 12.6. The van der Waals surface area contributed by atoms with Crippen LogP contribution in [0.2, 0.25) is 5.02 Å². The quantitative estimate of drug-likeness (QED) is 0.910. The van der Waals surface area contributed by atoms with E-state index in [2.05, 4.69) is 0 Å². The molecule has 0 bridgehead atoms. The number of hydrogen-bond donors (Lipinski definition) is 1. The van der Waals surface area contributed by atoms with Crippen molar-refractivity contribution in [3.63, 3.8) is 0 Å². The number of hydrogen-bond acceptors (Lipinski definition) is 4. The lowest BCUT2D eigenvalue weighted by atomic mass is 10.1. The van der Waals surface area contributed by atoms with Crippen LogP contribution in [0.1, 0.15) is 30.1 Å². The summed E-state index contributed by atoms with van der Waals surface area (Å²) in [5.41, 5.74) is 0.114. The maximum Gasteiger partial charge on any atom is 0.257 e. The van der Waals surface area contributed by atoms with Crippen LogP contribution in [-0.4, -0.2) is 38.9 Å². The summed E-state index contributed by atoms with van der Waals surface area (Å²) in [6.07, 6.45) is 1.83. The van der Waals surface area contributed by atoms with Gasteiger partial charge in [-0.05, 0) is 31.9 Å². The SMILES string of the molecule is COc1c(C(=O)N2CCCC2C)cc(Cl)cc1S(N)(=O)=O. The average Bonchev–Trinajstić information content (AvgIpc) is 2.82. The lowest BCUT2D eigenvalue weighted by Crippen LogP contribution is -2.34. The Bertz CT molecular complexity index is 675. The highest BCUT2D eigenvalue weighted by Crippen LogP contribution is 2.33. The van der Waals surface area contributed by atoms with Crippen molar-refractivity contribution in [1.82, 2.24) is 4.90 Å². The highest BCUT2D eigenvalue weighted by atomic mass is 35.5. The zero-order valence-corrected chi connectivity index (χ0v) is 13.4. The molecule has 6 nitrogen and oxygen atoms in total. The normalized spacial score (nSPS) is 18.9. The van der Waals surface area contributed by atoms with Crippen LogP contribution >= 0.6 is 11.6 Å². The Morgan fingerprint density at radius 3 is 2.62 bits per heavy atom. The van der Waals surface area contributed by atoms with Crippen molar-refractivity contribution in [1.29, 1.82) is 0 Å². The van der Waals surface area contributed by atoms with Crippen molar-refractivity contribution in [2.24, 2.45) is 5.14 Å². The highest BCUT2D eigenvalue weighted by molar-refractivity contribution is 7.89. The fraction of sp³-hybridized carbons (Fsp3) is 0.462. The Kier molecular flexibility index (Phi) is 4.46. The third-order valence-corrected chi connectivity index (χ3v) is 4.71. The van der Waals surface area contributed by atoms with E-state index in [9.17, 15) is 13.2 Å². The minimum absolute atomic E-state index is 0.0639. The summed E-state index contributed by atoms with van der Waals surface area (Å²) in [5.74, 6) is -0.366. The number of benzene rings is 1. The summed E-state index contributed by atoms with van der Waals surface area (Å²) in [4.78, 5) is 14.0. The molecule has 1 saturated heterocycles. The van der Waals surface area contributed by atoms with Gasteiger partial charge in [0.05, 0.1) is 12.7 Å². The third-order valence-electron chi connectivity index (χ3n) is 3.57. The van der Waals surface area contributed by atoms with Crippen LogP contribution in [0.5, 0.6) is 5.75 Å². The Morgan fingerprint density at radius 2 is 2.14 bits per heavy atom. The van der Waals surface area contributed by atoms with Gasteiger partial charge in [0.25, 0.3) is 5.91 Å². The number of sulfonamides is 1. The van der Waals surface area contributed by atoms with E-state index in [0.717, 1.165) is 12.8 Å². The molecular weight excluding hydrogens is 316 g/mol. The molecule has 0 aromatic heterocycles. The number of rotatable bonds is 3. The van der Waals surface area contributed by atoms with E-state index in [-0.39, 0.29) is 33.2 Å². The second kappa shape index (κ2) is 5.82. The third kappa shape index (κ3) is 3.14. The molecule has 0 aliphatic carbocycles. The van der Waals surface area contributed by atoms with Gasteiger partial charge < -0.3 is 9.64 Å². The number of likely N-dealkylation sites (tertiary alicyclic amines) is 1. The van der Waals surface area contributed by atoms with Gasteiger partial charge in [0.1, 0.15) is 4.90 Å². The summed E-state index contributed by atoms with van der Waals surface area (Å²) in [5, 5.41) is 5.28. The van der Waals surface area contributed by atoms with Gasteiger partial charge in [0, 0.05) is 17.6 Å². The molecule has 2 N–H and O–H groups in total. The largest absolute Gasteiger partial charge is 0.494 e. The van der Waals surface area contributed by atoms with Crippen molar-refractivity contribution in [2.45, 2.75) is 30.7 Å². The molecule has 1 aromatic carbocycles. The first-order valence-corrected chi connectivity index (χ1v) is 8.39. The second-order valence-corrected chi connectivity index (χ2v) is 6.99. The van der Waals surface area contributed by atoms with Crippen molar-refractivity contribution >= 4 is 27.5 Å². The summed E-state index contributed by atoms with van der Waals surface area (Å²) in [7, 11) is -2.75. The zero-order valence-electron chi connectivity index (χ0n) is 11.8. The molecule has 1 aliphatic heterocycles. The van der Waals surface area contributed by atoms with Gasteiger partial charge in [-0.1, -0.05) is 11.6 Å². The highest BCUT2D eigenvalue weighted by Gasteiger charge is 2.30. The molecule has 1 aliphatic rings. The van der Waals surface area contributed by atoms with Crippen LogP contribution in [0.25, 0.3) is 0 Å². The van der Waals surface area contributed by atoms with Crippen LogP contribution in [0.3, 0.4) is 0 Å². The number of carbonyl (C=O) groups is 1. The zero-order chi connectivity index (χ0) is 15.8. The molecule has 1 fully saturated rings. The number of carbonyl (C=O) groups excluding carboxylic acids is 1. The molecule has 1 amide bonds. The standard InChI is InChI=1S/C13H17ClN2O4S/c1-8-4-3-5-16(8)13(17)10-6-9(14)7-11(12(10)20-2)21(15,18)19/h6-8H,3-5H2,1-2H3,(H2,15,18,19). The summed E-state index contributed by atoms with van der Waals surface area (Å²) in [6, 6.07) is 2.68. The number of amides is 1. The lowest BCUT2D eigenvalue weighted by Gasteiger charge is -2.23. The monoisotopic (exact) mass is 332 g/mol. The molecule has 1 heterocycles. The van der Waals surface area contributed by atoms with Crippen LogP contribution in [0.4, 0.5) is 0 Å². The molecule has 1 unspecified atom stereocenters. The summed E-state index contributed by atoms with van der Waals surface area (Å²) >= 11 is 5.93. The van der Waals surface area contributed by atoms with Gasteiger partial charge in [-0.25, -0.2) is 13.6 Å². The molecule has 21 heavy (non-hydrogen) atoms. The van der Waals surface area contributed by atoms with Crippen molar-refractivity contribution < 1.29 is 17.9 Å². The minimum Gasteiger partial charge on any atom is -0.494 e. The van der Waals surface area contributed by atoms with Gasteiger partial charge >= 0.3 is 0 Å². The summed E-state index contributed by atoms with van der Waals surface area (Å²) < 4.78 is 28.4. The van der Waals surface area contributed by atoms with E-state index < -0.39 is 10.0 Å². The molecule has 116 valence electrons. The van der Waals surface area contributed by atoms with Gasteiger partial charge in [-0.3, -0.25) is 4.79 Å². The van der Waals surface area contributed by atoms with Crippen molar-refractivity contribution in [2.75, 3.05) is 13.7 Å². The average molecular weight is 333 g/mol. The van der Waals surface area contributed by atoms with E-state index in [1.165, 1.54) is 19.2 Å². The van der Waals surface area contributed by atoms with Crippen molar-refractivity contribution in [3.8, 4) is 5.75 Å². The molecule has 0 spiro atoms. The fourth-order valence-corrected chi connectivity index (χ4v) is 3.56. The van der Waals surface area contributed by atoms with Gasteiger partial charge in [0.2, 0.25) is 10.0 Å². The number of halogens is 1. The molecule has 2 rings (SSSR count). The molecule has 0 radical (unpaired) electrons. The number of primary sulfonamides is 1. The van der Waals surface area contributed by atoms with Crippen LogP contribution in [0, 0.1) is 0 Å². The smallest absolute Gasteiger partial charge is 0.257 e. The minimum atomic E-state index is -4.04. The first-order chi connectivity index (χ1) is 9.75. The Morgan fingerprint density at radius 1 is 1.48 bits per heavy atom. The van der Waals surface area contributed by atoms with E-state index in [1.54, 1.807) is 4.90 Å². The fourth-order valence-electron chi connectivity index (χ4n) is 2.54. The topological polar surface area (TPSA) is 89.7 Å². The Hall–Kier alpha value is -1.31. The van der Waals surface area contributed by atoms with E-state index >= 15 is 0 Å². The Labute approximate surface area is 128 Å². The number of methoxy groups -OCH3 is 1. The van der Waals surface area contributed by atoms with Crippen LogP contribution < -0.4 is 9.88 Å². The summed E-state index contributed by atoms with van der Waals surface area (Å²) in [6.45, 7) is 2.57. The van der Waals surface area contributed by atoms with Gasteiger partial charge in [-0.15, -0.1) is 0 Å².